The lowest BCUT2D eigenvalue weighted by Crippen LogP contribution is -2.50. The molecule has 0 aliphatic carbocycles. The summed E-state index contributed by atoms with van der Waals surface area (Å²) in [4.78, 5) is 16.8. The third-order valence-corrected chi connectivity index (χ3v) is 4.15. The first kappa shape index (κ1) is 14.2. The van der Waals surface area contributed by atoms with E-state index in [1.54, 1.807) is 12.1 Å². The Balaban J connectivity index is 1.77. The molecule has 1 aliphatic heterocycles. The van der Waals surface area contributed by atoms with Crippen molar-refractivity contribution in [2.45, 2.75) is 12.5 Å². The van der Waals surface area contributed by atoms with Gasteiger partial charge in [-0.25, -0.2) is 4.39 Å². The molecule has 1 saturated heterocycles. The van der Waals surface area contributed by atoms with Gasteiger partial charge in [0.1, 0.15) is 11.4 Å². The quantitative estimate of drug-likeness (QED) is 0.813. The van der Waals surface area contributed by atoms with Gasteiger partial charge in [-0.05, 0) is 38.4 Å². The minimum atomic E-state index is -0.323. The highest BCUT2D eigenvalue weighted by molar-refractivity contribution is 5.97. The van der Waals surface area contributed by atoms with Crippen LogP contribution >= 0.6 is 0 Å². The molecule has 3 rings (SSSR count). The molecule has 1 unspecified atom stereocenters. The van der Waals surface area contributed by atoms with Crippen LogP contribution in [0.25, 0.3) is 11.0 Å². The second kappa shape index (κ2) is 5.58. The second-order valence-corrected chi connectivity index (χ2v) is 5.82. The number of fused-ring (bicyclic) bond motifs is 1. The number of ketones is 1. The van der Waals surface area contributed by atoms with Crippen molar-refractivity contribution < 1.29 is 13.6 Å². The molecule has 0 N–H and O–H groups in total. The van der Waals surface area contributed by atoms with Crippen LogP contribution in [-0.2, 0) is 0 Å². The average molecular weight is 290 g/mol. The van der Waals surface area contributed by atoms with Crippen LogP contribution in [0.15, 0.2) is 28.7 Å². The lowest BCUT2D eigenvalue weighted by molar-refractivity contribution is 0.0789. The molecule has 1 fully saturated rings. The van der Waals surface area contributed by atoms with E-state index in [-0.39, 0.29) is 17.6 Å². The van der Waals surface area contributed by atoms with E-state index in [0.29, 0.717) is 23.2 Å². The first-order chi connectivity index (χ1) is 10.0. The Kier molecular flexibility index (Phi) is 3.78. The summed E-state index contributed by atoms with van der Waals surface area (Å²) in [5.74, 6) is -0.0353. The summed E-state index contributed by atoms with van der Waals surface area (Å²) in [6.07, 6.45) is 0.420. The summed E-state index contributed by atoms with van der Waals surface area (Å²) in [7, 11) is 4.10. The van der Waals surface area contributed by atoms with E-state index >= 15 is 0 Å². The molecule has 0 amide bonds. The Morgan fingerprint density at radius 2 is 2.14 bits per heavy atom. The van der Waals surface area contributed by atoms with Crippen molar-refractivity contribution in [3.8, 4) is 0 Å². The van der Waals surface area contributed by atoms with Gasteiger partial charge in [-0.3, -0.25) is 4.79 Å². The third-order valence-electron chi connectivity index (χ3n) is 4.15. The van der Waals surface area contributed by atoms with Gasteiger partial charge in [-0.1, -0.05) is 0 Å². The first-order valence-electron chi connectivity index (χ1n) is 7.14. The van der Waals surface area contributed by atoms with Crippen LogP contribution in [0.3, 0.4) is 0 Å². The number of hydrogen-bond donors (Lipinski definition) is 0. The van der Waals surface area contributed by atoms with E-state index in [0.717, 1.165) is 19.6 Å². The number of halogens is 1. The maximum atomic E-state index is 13.2. The van der Waals surface area contributed by atoms with E-state index in [2.05, 4.69) is 16.8 Å². The standard InChI is InChI=1S/C16H19FN2O2/c1-18-5-6-19(2)13(10-18)9-14(20)16-8-11-7-12(17)3-4-15(11)21-16/h3-4,7-8,13H,5-6,9-10H2,1-2H3. The second-order valence-electron chi connectivity index (χ2n) is 5.82. The predicted molar refractivity (Wildman–Crippen MR) is 79.0 cm³/mol. The minimum absolute atomic E-state index is 0.0289. The molecule has 2 heterocycles. The van der Waals surface area contributed by atoms with Gasteiger partial charge in [0.05, 0.1) is 0 Å². The Hall–Kier alpha value is -1.72. The average Bonchev–Trinajstić information content (AvgIpc) is 2.86. The van der Waals surface area contributed by atoms with Gasteiger partial charge in [0.2, 0.25) is 0 Å². The van der Waals surface area contributed by atoms with Gasteiger partial charge in [0.15, 0.2) is 11.5 Å². The molecule has 1 atom stereocenters. The molecule has 4 nitrogen and oxygen atoms in total. The van der Waals surface area contributed by atoms with Crippen LogP contribution in [0.2, 0.25) is 0 Å². The lowest BCUT2D eigenvalue weighted by atomic mass is 10.0. The number of carbonyl (C=O) groups excluding carboxylic acids is 1. The van der Waals surface area contributed by atoms with E-state index in [4.69, 9.17) is 4.42 Å². The summed E-state index contributed by atoms with van der Waals surface area (Å²) in [6, 6.07) is 6.11. The highest BCUT2D eigenvalue weighted by atomic mass is 19.1. The molecule has 1 aromatic heterocycles. The number of hydrogen-bond acceptors (Lipinski definition) is 4. The number of benzene rings is 1. The van der Waals surface area contributed by atoms with Crippen molar-refractivity contribution in [1.29, 1.82) is 0 Å². The zero-order chi connectivity index (χ0) is 15.0. The Labute approximate surface area is 123 Å². The Bertz CT molecular complexity index is 667. The topological polar surface area (TPSA) is 36.7 Å². The van der Waals surface area contributed by atoms with E-state index in [9.17, 15) is 9.18 Å². The maximum absolute atomic E-state index is 13.2. The number of carbonyl (C=O) groups is 1. The number of furan rings is 1. The molecular formula is C16H19FN2O2. The number of piperazine rings is 1. The fourth-order valence-electron chi connectivity index (χ4n) is 2.79. The van der Waals surface area contributed by atoms with Gasteiger partial charge >= 0.3 is 0 Å². The largest absolute Gasteiger partial charge is 0.453 e. The van der Waals surface area contributed by atoms with Crippen molar-refractivity contribution in [2.24, 2.45) is 0 Å². The van der Waals surface area contributed by atoms with Gasteiger partial charge < -0.3 is 14.2 Å². The predicted octanol–water partition coefficient (Wildman–Crippen LogP) is 2.39. The summed E-state index contributed by atoms with van der Waals surface area (Å²) in [5.41, 5.74) is 0.550. The molecule has 0 bridgehead atoms. The number of Topliss-reactive ketones (excluding diaryl/α,β-unsaturated/α-hetero) is 1. The van der Waals surface area contributed by atoms with Crippen molar-refractivity contribution in [2.75, 3.05) is 33.7 Å². The van der Waals surface area contributed by atoms with Gasteiger partial charge in [0, 0.05) is 37.5 Å². The molecule has 2 aromatic rings. The number of rotatable bonds is 3. The van der Waals surface area contributed by atoms with Gasteiger partial charge in [0.25, 0.3) is 0 Å². The smallest absolute Gasteiger partial charge is 0.199 e. The highest BCUT2D eigenvalue weighted by Gasteiger charge is 2.26. The van der Waals surface area contributed by atoms with Gasteiger partial charge in [-0.15, -0.1) is 0 Å². The highest BCUT2D eigenvalue weighted by Crippen LogP contribution is 2.22. The molecule has 1 aliphatic rings. The van der Waals surface area contributed by atoms with Crippen molar-refractivity contribution >= 4 is 16.8 Å². The molecule has 0 saturated carbocycles. The summed E-state index contributed by atoms with van der Waals surface area (Å²) in [5, 5.41) is 0.632. The van der Waals surface area contributed by atoms with E-state index < -0.39 is 0 Å². The number of nitrogens with zero attached hydrogens (tertiary/aromatic N) is 2. The normalized spacial score (nSPS) is 21.0. The van der Waals surface area contributed by atoms with Crippen LogP contribution in [-0.4, -0.2) is 55.4 Å². The molecule has 5 heteroatoms. The van der Waals surface area contributed by atoms with Crippen LogP contribution in [0.5, 0.6) is 0 Å². The molecule has 0 spiro atoms. The molecule has 0 radical (unpaired) electrons. The Morgan fingerprint density at radius 3 is 2.95 bits per heavy atom. The van der Waals surface area contributed by atoms with Crippen LogP contribution in [0.1, 0.15) is 17.0 Å². The van der Waals surface area contributed by atoms with Crippen LogP contribution in [0.4, 0.5) is 4.39 Å². The van der Waals surface area contributed by atoms with Crippen molar-refractivity contribution in [1.82, 2.24) is 9.80 Å². The van der Waals surface area contributed by atoms with E-state index in [1.807, 2.05) is 7.05 Å². The lowest BCUT2D eigenvalue weighted by Gasteiger charge is -2.37. The van der Waals surface area contributed by atoms with Crippen molar-refractivity contribution in [3.63, 3.8) is 0 Å². The third kappa shape index (κ3) is 2.99. The van der Waals surface area contributed by atoms with E-state index in [1.165, 1.54) is 12.1 Å². The minimum Gasteiger partial charge on any atom is -0.453 e. The summed E-state index contributed by atoms with van der Waals surface area (Å²) >= 11 is 0. The molecule has 1 aromatic carbocycles. The van der Waals surface area contributed by atoms with Crippen LogP contribution < -0.4 is 0 Å². The van der Waals surface area contributed by atoms with Gasteiger partial charge in [-0.2, -0.15) is 0 Å². The zero-order valence-electron chi connectivity index (χ0n) is 12.3. The molecule has 112 valence electrons. The molecular weight excluding hydrogens is 271 g/mol. The summed E-state index contributed by atoms with van der Waals surface area (Å²) in [6.45, 7) is 2.85. The Morgan fingerprint density at radius 1 is 1.33 bits per heavy atom. The van der Waals surface area contributed by atoms with Crippen molar-refractivity contribution in [3.05, 3.63) is 35.8 Å². The molecule has 21 heavy (non-hydrogen) atoms. The first-order valence-corrected chi connectivity index (χ1v) is 7.14. The van der Waals surface area contributed by atoms with Crippen LogP contribution in [0, 0.1) is 5.82 Å². The zero-order valence-corrected chi connectivity index (χ0v) is 12.3. The SMILES string of the molecule is CN1CCN(C)C(CC(=O)c2cc3cc(F)ccc3o2)C1. The number of likely N-dealkylation sites (N-methyl/N-ethyl adjacent to an activating group) is 2. The monoisotopic (exact) mass is 290 g/mol. The fraction of sp³-hybridized carbons (Fsp3) is 0.438. The fourth-order valence-corrected chi connectivity index (χ4v) is 2.79. The summed E-state index contributed by atoms with van der Waals surface area (Å²) < 4.78 is 18.7. The maximum Gasteiger partial charge on any atom is 0.199 e.